The number of carbonyl (C=O) groups excluding carboxylic acids is 2. The third-order valence-electron chi connectivity index (χ3n) is 1.64. The molecule has 0 atom stereocenters. The van der Waals surface area contributed by atoms with Crippen molar-refractivity contribution in [3.8, 4) is 0 Å². The number of aliphatic carboxylic acids is 1. The van der Waals surface area contributed by atoms with Gasteiger partial charge in [-0.2, -0.15) is 0 Å². The molecule has 3 N–H and O–H groups in total. The second kappa shape index (κ2) is 5.94. The van der Waals surface area contributed by atoms with E-state index < -0.39 is 11.9 Å². The summed E-state index contributed by atoms with van der Waals surface area (Å²) >= 11 is 1.13. The molecule has 1 rings (SSSR count). The van der Waals surface area contributed by atoms with Gasteiger partial charge in [-0.15, -0.1) is 11.3 Å². The summed E-state index contributed by atoms with van der Waals surface area (Å²) in [7, 11) is 0. The number of nitrogens with one attached hydrogen (secondary N) is 2. The van der Waals surface area contributed by atoms with E-state index in [1.54, 1.807) is 0 Å². The first-order valence-electron chi connectivity index (χ1n) is 4.72. The van der Waals surface area contributed by atoms with Crippen LogP contribution in [0.15, 0.2) is 5.38 Å². The van der Waals surface area contributed by atoms with Gasteiger partial charge in [0.2, 0.25) is 5.91 Å². The number of carboxylic acid groups (broad SMARTS) is 1. The zero-order valence-electron chi connectivity index (χ0n) is 9.02. The maximum atomic E-state index is 11.5. The lowest BCUT2D eigenvalue weighted by Gasteiger charge is -1.99. The van der Waals surface area contributed by atoms with Gasteiger partial charge in [0.25, 0.3) is 5.91 Å². The Morgan fingerprint density at radius 3 is 2.76 bits per heavy atom. The standard InChI is InChI=1S/C9H11N3O4S/c1-5(13)11-9-12-6(4-17-9)8(16)10-3-2-7(14)15/h4H,2-3H2,1H3,(H,10,16)(H,14,15)(H,11,12,13). The van der Waals surface area contributed by atoms with Crippen LogP contribution in [0.4, 0.5) is 5.13 Å². The number of anilines is 1. The van der Waals surface area contributed by atoms with E-state index in [2.05, 4.69) is 15.6 Å². The first-order valence-corrected chi connectivity index (χ1v) is 5.60. The van der Waals surface area contributed by atoms with Crippen LogP contribution < -0.4 is 10.6 Å². The number of hydrogen-bond acceptors (Lipinski definition) is 5. The molecular weight excluding hydrogens is 246 g/mol. The van der Waals surface area contributed by atoms with Gasteiger partial charge < -0.3 is 15.7 Å². The molecule has 0 aromatic carbocycles. The monoisotopic (exact) mass is 257 g/mol. The van der Waals surface area contributed by atoms with E-state index >= 15 is 0 Å². The van der Waals surface area contributed by atoms with Gasteiger partial charge in [-0.05, 0) is 0 Å². The molecule has 0 aliphatic heterocycles. The normalized spacial score (nSPS) is 9.71. The summed E-state index contributed by atoms with van der Waals surface area (Å²) in [5, 5.41) is 15.1. The molecule has 8 heteroatoms. The summed E-state index contributed by atoms with van der Waals surface area (Å²) in [6, 6.07) is 0. The van der Waals surface area contributed by atoms with Crippen molar-refractivity contribution in [1.82, 2.24) is 10.3 Å². The molecule has 17 heavy (non-hydrogen) atoms. The number of carbonyl (C=O) groups is 3. The molecule has 0 radical (unpaired) electrons. The Labute approximate surface area is 101 Å². The fourth-order valence-electron chi connectivity index (χ4n) is 0.960. The molecule has 0 bridgehead atoms. The Morgan fingerprint density at radius 1 is 1.47 bits per heavy atom. The quantitative estimate of drug-likeness (QED) is 0.703. The molecule has 0 saturated carbocycles. The maximum absolute atomic E-state index is 11.5. The molecule has 0 fully saturated rings. The average Bonchev–Trinajstić information content (AvgIpc) is 2.64. The van der Waals surface area contributed by atoms with Crippen LogP contribution in [0.3, 0.4) is 0 Å². The van der Waals surface area contributed by atoms with Crippen LogP contribution in [0.25, 0.3) is 0 Å². The summed E-state index contributed by atoms with van der Waals surface area (Å²) in [5.74, 6) is -1.71. The number of aromatic nitrogens is 1. The molecular formula is C9H11N3O4S. The van der Waals surface area contributed by atoms with Gasteiger partial charge in [-0.25, -0.2) is 4.98 Å². The Morgan fingerprint density at radius 2 is 2.18 bits per heavy atom. The van der Waals surface area contributed by atoms with Crippen LogP contribution in [-0.4, -0.2) is 34.4 Å². The smallest absolute Gasteiger partial charge is 0.305 e. The van der Waals surface area contributed by atoms with Crippen molar-refractivity contribution in [3.05, 3.63) is 11.1 Å². The second-order valence-corrected chi connectivity index (χ2v) is 3.98. The zero-order chi connectivity index (χ0) is 12.8. The topological polar surface area (TPSA) is 108 Å². The summed E-state index contributed by atoms with van der Waals surface area (Å²) < 4.78 is 0. The SMILES string of the molecule is CC(=O)Nc1nc(C(=O)NCCC(=O)O)cs1. The van der Waals surface area contributed by atoms with Gasteiger partial charge in [-0.3, -0.25) is 14.4 Å². The maximum Gasteiger partial charge on any atom is 0.305 e. The van der Waals surface area contributed by atoms with Crippen molar-refractivity contribution < 1.29 is 19.5 Å². The molecule has 1 aromatic rings. The highest BCUT2D eigenvalue weighted by molar-refractivity contribution is 7.14. The van der Waals surface area contributed by atoms with E-state index in [0.717, 1.165) is 11.3 Å². The molecule has 1 aromatic heterocycles. The predicted molar refractivity (Wildman–Crippen MR) is 61.0 cm³/mol. The number of nitrogens with zero attached hydrogens (tertiary/aromatic N) is 1. The molecule has 2 amide bonds. The van der Waals surface area contributed by atoms with Crippen LogP contribution in [0.5, 0.6) is 0 Å². The Balaban J connectivity index is 2.49. The number of amides is 2. The van der Waals surface area contributed by atoms with Crippen LogP contribution in [0, 0.1) is 0 Å². The summed E-state index contributed by atoms with van der Waals surface area (Å²) in [6.45, 7) is 1.38. The minimum Gasteiger partial charge on any atom is -0.481 e. The number of rotatable bonds is 5. The Bertz CT molecular complexity index is 443. The van der Waals surface area contributed by atoms with E-state index in [9.17, 15) is 14.4 Å². The highest BCUT2D eigenvalue weighted by Gasteiger charge is 2.11. The molecule has 0 spiro atoms. The lowest BCUT2D eigenvalue weighted by Crippen LogP contribution is -2.26. The Kier molecular flexibility index (Phi) is 4.58. The van der Waals surface area contributed by atoms with Gasteiger partial charge in [0.1, 0.15) is 5.69 Å². The average molecular weight is 257 g/mol. The van der Waals surface area contributed by atoms with Crippen molar-refractivity contribution in [2.45, 2.75) is 13.3 Å². The van der Waals surface area contributed by atoms with Crippen LogP contribution >= 0.6 is 11.3 Å². The van der Waals surface area contributed by atoms with Crippen LogP contribution in [0.2, 0.25) is 0 Å². The minimum atomic E-state index is -0.984. The molecule has 0 unspecified atom stereocenters. The number of hydrogen-bond donors (Lipinski definition) is 3. The van der Waals surface area contributed by atoms with Crippen LogP contribution in [-0.2, 0) is 9.59 Å². The third kappa shape index (κ3) is 4.60. The highest BCUT2D eigenvalue weighted by Crippen LogP contribution is 2.14. The van der Waals surface area contributed by atoms with Gasteiger partial charge in [0.15, 0.2) is 5.13 Å². The Hall–Kier alpha value is -1.96. The fraction of sp³-hybridized carbons (Fsp3) is 0.333. The van der Waals surface area contributed by atoms with Crippen molar-refractivity contribution >= 4 is 34.3 Å². The zero-order valence-corrected chi connectivity index (χ0v) is 9.84. The van der Waals surface area contributed by atoms with Gasteiger partial charge in [0, 0.05) is 18.8 Å². The van der Waals surface area contributed by atoms with Gasteiger partial charge >= 0.3 is 5.97 Å². The lowest BCUT2D eigenvalue weighted by molar-refractivity contribution is -0.136. The van der Waals surface area contributed by atoms with E-state index in [1.807, 2.05) is 0 Å². The van der Waals surface area contributed by atoms with E-state index in [4.69, 9.17) is 5.11 Å². The predicted octanol–water partition coefficient (Wildman–Crippen LogP) is 0.306. The fourth-order valence-corrected chi connectivity index (χ4v) is 1.70. The summed E-state index contributed by atoms with van der Waals surface area (Å²) in [5.41, 5.74) is 0.157. The van der Waals surface area contributed by atoms with E-state index in [0.29, 0.717) is 5.13 Å². The number of carboxylic acids is 1. The molecule has 7 nitrogen and oxygen atoms in total. The van der Waals surface area contributed by atoms with Crippen molar-refractivity contribution in [2.75, 3.05) is 11.9 Å². The summed E-state index contributed by atoms with van der Waals surface area (Å²) in [6.07, 6.45) is -0.144. The van der Waals surface area contributed by atoms with Crippen molar-refractivity contribution in [2.24, 2.45) is 0 Å². The van der Waals surface area contributed by atoms with Crippen LogP contribution in [0.1, 0.15) is 23.8 Å². The number of thiazole rings is 1. The molecule has 0 saturated heterocycles. The first-order chi connectivity index (χ1) is 7.99. The molecule has 1 heterocycles. The lowest BCUT2D eigenvalue weighted by atomic mass is 10.4. The van der Waals surface area contributed by atoms with Gasteiger partial charge in [-0.1, -0.05) is 0 Å². The van der Waals surface area contributed by atoms with E-state index in [1.165, 1.54) is 12.3 Å². The third-order valence-corrected chi connectivity index (χ3v) is 2.40. The summed E-state index contributed by atoms with van der Waals surface area (Å²) in [4.78, 5) is 36.3. The van der Waals surface area contributed by atoms with Gasteiger partial charge in [0.05, 0.1) is 6.42 Å². The van der Waals surface area contributed by atoms with E-state index in [-0.39, 0.29) is 24.6 Å². The van der Waals surface area contributed by atoms with Crippen molar-refractivity contribution in [3.63, 3.8) is 0 Å². The first kappa shape index (κ1) is 13.1. The molecule has 0 aliphatic rings. The largest absolute Gasteiger partial charge is 0.481 e. The van der Waals surface area contributed by atoms with Crippen molar-refractivity contribution in [1.29, 1.82) is 0 Å². The molecule has 0 aliphatic carbocycles. The highest BCUT2D eigenvalue weighted by atomic mass is 32.1. The molecule has 92 valence electrons. The minimum absolute atomic E-state index is 0.0428. The second-order valence-electron chi connectivity index (χ2n) is 3.12.